The smallest absolute Gasteiger partial charge is 0.263 e. The first kappa shape index (κ1) is 16.5. The van der Waals surface area contributed by atoms with Gasteiger partial charge in [0, 0.05) is 31.7 Å². The number of benzene rings is 1. The summed E-state index contributed by atoms with van der Waals surface area (Å²) < 4.78 is 29.6. The summed E-state index contributed by atoms with van der Waals surface area (Å²) in [6.45, 7) is 1.75. The first-order valence-corrected chi connectivity index (χ1v) is 9.10. The van der Waals surface area contributed by atoms with Gasteiger partial charge in [-0.2, -0.15) is 0 Å². The van der Waals surface area contributed by atoms with Crippen molar-refractivity contribution in [1.82, 2.24) is 14.5 Å². The van der Waals surface area contributed by atoms with Gasteiger partial charge in [-0.1, -0.05) is 6.07 Å². The summed E-state index contributed by atoms with van der Waals surface area (Å²) in [5, 5.41) is 1.08. The molecule has 0 fully saturated rings. The van der Waals surface area contributed by atoms with Gasteiger partial charge in [0.2, 0.25) is 0 Å². The molecule has 6 nitrogen and oxygen atoms in total. The third kappa shape index (κ3) is 3.58. The Bertz CT molecular complexity index is 934. The van der Waals surface area contributed by atoms with E-state index in [0.717, 1.165) is 24.0 Å². The van der Waals surface area contributed by atoms with E-state index in [2.05, 4.69) is 19.2 Å². The summed E-state index contributed by atoms with van der Waals surface area (Å²) in [4.78, 5) is 6.12. The second-order valence-electron chi connectivity index (χ2n) is 5.88. The zero-order valence-electron chi connectivity index (χ0n) is 13.7. The quantitative estimate of drug-likeness (QED) is 0.746. The van der Waals surface area contributed by atoms with Gasteiger partial charge in [-0.05, 0) is 49.8 Å². The molecule has 0 amide bonds. The standard InChI is InChI=1S/C17H20N4O2S/c1-20(2)10-11-21-9-7-14-5-6-15(12-17(14)21)19-24(22,23)16-4-3-8-18-13-16/h3-9,12-13,19H,10-11H2,1-2H3. The van der Waals surface area contributed by atoms with Crippen LogP contribution < -0.4 is 4.72 Å². The fraction of sp³-hybridized carbons (Fsp3) is 0.235. The van der Waals surface area contributed by atoms with Crippen molar-refractivity contribution in [3.05, 3.63) is 55.0 Å². The number of nitrogens with zero attached hydrogens (tertiary/aromatic N) is 3. The molecule has 0 unspecified atom stereocenters. The Morgan fingerprint density at radius 1 is 1.21 bits per heavy atom. The second kappa shape index (κ2) is 6.62. The Kier molecular flexibility index (Phi) is 4.55. The highest BCUT2D eigenvalue weighted by atomic mass is 32.2. The lowest BCUT2D eigenvalue weighted by atomic mass is 10.2. The van der Waals surface area contributed by atoms with E-state index in [4.69, 9.17) is 0 Å². The van der Waals surface area contributed by atoms with Gasteiger partial charge in [0.05, 0.1) is 11.2 Å². The SMILES string of the molecule is CN(C)CCn1ccc2ccc(NS(=O)(=O)c3cccnc3)cc21. The molecule has 2 heterocycles. The molecular formula is C17H20N4O2S. The molecule has 0 saturated heterocycles. The molecule has 3 aromatic rings. The maximum absolute atomic E-state index is 12.4. The summed E-state index contributed by atoms with van der Waals surface area (Å²) in [6, 6.07) is 10.7. The van der Waals surface area contributed by atoms with Crippen LogP contribution in [0.4, 0.5) is 5.69 Å². The van der Waals surface area contributed by atoms with E-state index in [1.165, 1.54) is 12.3 Å². The molecule has 3 rings (SSSR count). The minimum absolute atomic E-state index is 0.146. The molecule has 0 aliphatic rings. The van der Waals surface area contributed by atoms with Crippen LogP contribution in [-0.4, -0.2) is 43.5 Å². The molecule has 0 atom stereocenters. The monoisotopic (exact) mass is 344 g/mol. The van der Waals surface area contributed by atoms with E-state index >= 15 is 0 Å². The van der Waals surface area contributed by atoms with Crippen molar-refractivity contribution in [2.45, 2.75) is 11.4 Å². The largest absolute Gasteiger partial charge is 0.346 e. The van der Waals surface area contributed by atoms with Gasteiger partial charge in [-0.3, -0.25) is 9.71 Å². The van der Waals surface area contributed by atoms with Gasteiger partial charge in [0.25, 0.3) is 10.0 Å². The highest BCUT2D eigenvalue weighted by Crippen LogP contribution is 2.22. The predicted molar refractivity (Wildman–Crippen MR) is 95.5 cm³/mol. The average molecular weight is 344 g/mol. The minimum Gasteiger partial charge on any atom is -0.346 e. The van der Waals surface area contributed by atoms with Crippen molar-refractivity contribution < 1.29 is 8.42 Å². The van der Waals surface area contributed by atoms with Crippen LogP contribution in [0.5, 0.6) is 0 Å². The second-order valence-corrected chi connectivity index (χ2v) is 7.56. The number of likely N-dealkylation sites (N-methyl/N-ethyl adjacent to an activating group) is 1. The zero-order valence-corrected chi connectivity index (χ0v) is 14.5. The number of nitrogens with one attached hydrogen (secondary N) is 1. The number of aromatic nitrogens is 2. The van der Waals surface area contributed by atoms with Crippen LogP contribution in [0.1, 0.15) is 0 Å². The molecule has 1 aromatic carbocycles. The first-order valence-electron chi connectivity index (χ1n) is 7.62. The number of hydrogen-bond donors (Lipinski definition) is 1. The number of sulfonamides is 1. The average Bonchev–Trinajstić information content (AvgIpc) is 2.96. The first-order chi connectivity index (χ1) is 11.5. The Morgan fingerprint density at radius 3 is 2.75 bits per heavy atom. The molecule has 0 aliphatic carbocycles. The molecular weight excluding hydrogens is 324 g/mol. The van der Waals surface area contributed by atoms with Crippen LogP contribution >= 0.6 is 0 Å². The number of pyridine rings is 1. The molecule has 1 N–H and O–H groups in total. The highest BCUT2D eigenvalue weighted by Gasteiger charge is 2.14. The van der Waals surface area contributed by atoms with Crippen LogP contribution in [0.15, 0.2) is 59.9 Å². The summed E-state index contributed by atoms with van der Waals surface area (Å²) in [6.07, 6.45) is 4.90. The van der Waals surface area contributed by atoms with Crippen molar-refractivity contribution >= 4 is 26.6 Å². The minimum atomic E-state index is -3.63. The summed E-state index contributed by atoms with van der Waals surface area (Å²) in [5.74, 6) is 0. The van der Waals surface area contributed by atoms with Gasteiger partial charge in [0.1, 0.15) is 4.90 Å². The van der Waals surface area contributed by atoms with Crippen molar-refractivity contribution in [2.75, 3.05) is 25.4 Å². The van der Waals surface area contributed by atoms with Gasteiger partial charge in [-0.15, -0.1) is 0 Å². The third-order valence-electron chi connectivity index (χ3n) is 3.76. The maximum Gasteiger partial charge on any atom is 0.263 e. The van der Waals surface area contributed by atoms with Crippen LogP contribution in [0.3, 0.4) is 0 Å². The summed E-state index contributed by atoms with van der Waals surface area (Å²) in [7, 11) is 0.420. The predicted octanol–water partition coefficient (Wildman–Crippen LogP) is 2.40. The van der Waals surface area contributed by atoms with Crippen LogP contribution in [-0.2, 0) is 16.6 Å². The van der Waals surface area contributed by atoms with Gasteiger partial charge in [-0.25, -0.2) is 8.42 Å². The van der Waals surface area contributed by atoms with E-state index < -0.39 is 10.0 Å². The van der Waals surface area contributed by atoms with Crippen molar-refractivity contribution in [3.8, 4) is 0 Å². The Hall–Kier alpha value is -2.38. The molecule has 126 valence electrons. The van der Waals surface area contributed by atoms with Crippen LogP contribution in [0, 0.1) is 0 Å². The molecule has 2 aromatic heterocycles. The fourth-order valence-corrected chi connectivity index (χ4v) is 3.48. The molecule has 0 radical (unpaired) electrons. The van der Waals surface area contributed by atoms with E-state index in [1.54, 1.807) is 18.3 Å². The lowest BCUT2D eigenvalue weighted by Crippen LogP contribution is -2.18. The topological polar surface area (TPSA) is 67.2 Å². The molecule has 24 heavy (non-hydrogen) atoms. The molecule has 0 bridgehead atoms. The van der Waals surface area contributed by atoms with Crippen LogP contribution in [0.2, 0.25) is 0 Å². The van der Waals surface area contributed by atoms with Gasteiger partial charge >= 0.3 is 0 Å². The van der Waals surface area contributed by atoms with E-state index in [0.29, 0.717) is 5.69 Å². The number of anilines is 1. The number of fused-ring (bicyclic) bond motifs is 1. The fourth-order valence-electron chi connectivity index (χ4n) is 2.47. The third-order valence-corrected chi connectivity index (χ3v) is 5.13. The van der Waals surface area contributed by atoms with E-state index in [-0.39, 0.29) is 4.90 Å². The Balaban J connectivity index is 1.89. The molecule has 0 saturated carbocycles. The highest BCUT2D eigenvalue weighted by molar-refractivity contribution is 7.92. The molecule has 0 spiro atoms. The lowest BCUT2D eigenvalue weighted by Gasteiger charge is -2.12. The lowest BCUT2D eigenvalue weighted by molar-refractivity contribution is 0.387. The van der Waals surface area contributed by atoms with Crippen molar-refractivity contribution in [2.24, 2.45) is 0 Å². The number of rotatable bonds is 6. The number of hydrogen-bond acceptors (Lipinski definition) is 4. The normalized spacial score (nSPS) is 12.0. The Labute approximate surface area is 141 Å². The van der Waals surface area contributed by atoms with Gasteiger partial charge < -0.3 is 9.47 Å². The summed E-state index contributed by atoms with van der Waals surface area (Å²) in [5.41, 5.74) is 1.54. The zero-order chi connectivity index (χ0) is 17.2. The molecule has 7 heteroatoms. The molecule has 0 aliphatic heterocycles. The van der Waals surface area contributed by atoms with Crippen molar-refractivity contribution in [1.29, 1.82) is 0 Å². The van der Waals surface area contributed by atoms with Crippen LogP contribution in [0.25, 0.3) is 10.9 Å². The van der Waals surface area contributed by atoms with Crippen molar-refractivity contribution in [3.63, 3.8) is 0 Å². The van der Waals surface area contributed by atoms with E-state index in [1.807, 2.05) is 38.5 Å². The van der Waals surface area contributed by atoms with E-state index in [9.17, 15) is 8.42 Å². The Morgan fingerprint density at radius 2 is 2.04 bits per heavy atom. The summed E-state index contributed by atoms with van der Waals surface area (Å²) >= 11 is 0. The van der Waals surface area contributed by atoms with Gasteiger partial charge in [0.15, 0.2) is 0 Å². The maximum atomic E-state index is 12.4.